The van der Waals surface area contributed by atoms with Crippen molar-refractivity contribution < 1.29 is 14.3 Å². The first-order valence-electron chi connectivity index (χ1n) is 8.27. The lowest BCUT2D eigenvalue weighted by atomic mass is 9.77. The fraction of sp³-hybridized carbons (Fsp3) is 0.529. The number of hydrogen-bond acceptors (Lipinski definition) is 3. The zero-order chi connectivity index (χ0) is 17.2. The average Bonchev–Trinajstić information content (AvgIpc) is 2.93. The van der Waals surface area contributed by atoms with Crippen LogP contribution in [-0.2, 0) is 4.74 Å². The number of methoxy groups -OCH3 is 1. The highest BCUT2D eigenvalue weighted by molar-refractivity contribution is 5.96. The molecule has 3 rings (SSSR count). The van der Waals surface area contributed by atoms with Gasteiger partial charge in [0.05, 0.1) is 17.8 Å². The van der Waals surface area contributed by atoms with Crippen molar-refractivity contribution >= 4 is 23.4 Å². The van der Waals surface area contributed by atoms with Gasteiger partial charge in [-0.3, -0.25) is 4.90 Å². The lowest BCUT2D eigenvalue weighted by molar-refractivity contribution is 0.0648. The highest BCUT2D eigenvalue weighted by Gasteiger charge is 2.38. The summed E-state index contributed by atoms with van der Waals surface area (Å²) < 4.78 is 5.22. The Kier molecular flexibility index (Phi) is 4.62. The van der Waals surface area contributed by atoms with E-state index in [0.29, 0.717) is 25.4 Å². The summed E-state index contributed by atoms with van der Waals surface area (Å²) in [6, 6.07) is 5.24. The van der Waals surface area contributed by atoms with Crippen LogP contribution in [0.3, 0.4) is 0 Å². The van der Waals surface area contributed by atoms with Gasteiger partial charge in [-0.05, 0) is 43.9 Å². The van der Waals surface area contributed by atoms with E-state index in [2.05, 4.69) is 16.0 Å². The molecule has 24 heavy (non-hydrogen) atoms. The number of anilines is 2. The van der Waals surface area contributed by atoms with Gasteiger partial charge in [-0.25, -0.2) is 9.59 Å². The summed E-state index contributed by atoms with van der Waals surface area (Å²) in [5.74, 6) is 0. The number of hydrogen-bond donors (Lipinski definition) is 3. The molecule has 0 unspecified atom stereocenters. The second-order valence-electron chi connectivity index (χ2n) is 6.53. The molecular formula is C17H24N4O3. The molecule has 1 aromatic rings. The summed E-state index contributed by atoms with van der Waals surface area (Å²) >= 11 is 0. The molecular weight excluding hydrogens is 308 g/mol. The minimum Gasteiger partial charge on any atom is -0.382 e. The molecule has 1 heterocycles. The van der Waals surface area contributed by atoms with Crippen LogP contribution in [0, 0.1) is 6.92 Å². The van der Waals surface area contributed by atoms with Crippen LogP contribution in [0.25, 0.3) is 0 Å². The topological polar surface area (TPSA) is 82.7 Å². The standard InChI is InChI=1S/C17H24N4O3/c1-12-4-5-13(10-14(12)21-9-8-18-16(21)23)19-15(22)20-17(11-24-2)6-3-7-17/h4-5,10H,3,6-9,11H2,1-2H3,(H,18,23)(H2,19,20,22). The highest BCUT2D eigenvalue weighted by atomic mass is 16.5. The summed E-state index contributed by atoms with van der Waals surface area (Å²) in [5, 5.41) is 8.68. The maximum Gasteiger partial charge on any atom is 0.322 e. The molecule has 7 heteroatoms. The zero-order valence-electron chi connectivity index (χ0n) is 14.1. The molecule has 1 saturated heterocycles. The van der Waals surface area contributed by atoms with Crippen LogP contribution in [0.1, 0.15) is 24.8 Å². The largest absolute Gasteiger partial charge is 0.382 e. The number of nitrogens with zero attached hydrogens (tertiary/aromatic N) is 1. The number of urea groups is 2. The third-order valence-electron chi connectivity index (χ3n) is 4.72. The van der Waals surface area contributed by atoms with Crippen molar-refractivity contribution in [2.24, 2.45) is 0 Å². The van der Waals surface area contributed by atoms with E-state index in [-0.39, 0.29) is 17.6 Å². The van der Waals surface area contributed by atoms with Gasteiger partial charge in [0.2, 0.25) is 0 Å². The van der Waals surface area contributed by atoms with Crippen LogP contribution in [0.2, 0.25) is 0 Å². The van der Waals surface area contributed by atoms with Crippen molar-refractivity contribution in [2.45, 2.75) is 31.7 Å². The van der Waals surface area contributed by atoms with Crippen LogP contribution in [-0.4, -0.2) is 44.4 Å². The van der Waals surface area contributed by atoms with Gasteiger partial charge in [0, 0.05) is 25.9 Å². The van der Waals surface area contributed by atoms with Gasteiger partial charge in [0.1, 0.15) is 0 Å². The first kappa shape index (κ1) is 16.6. The highest BCUT2D eigenvalue weighted by Crippen LogP contribution is 2.32. The van der Waals surface area contributed by atoms with Crippen molar-refractivity contribution in [1.29, 1.82) is 0 Å². The lowest BCUT2D eigenvalue weighted by Crippen LogP contribution is -2.57. The molecule has 4 amide bonds. The molecule has 1 saturated carbocycles. The SMILES string of the molecule is COCC1(NC(=O)Nc2ccc(C)c(N3CCNC3=O)c2)CCC1. The van der Waals surface area contributed by atoms with Gasteiger partial charge in [0.15, 0.2) is 0 Å². The summed E-state index contributed by atoms with van der Waals surface area (Å²) in [4.78, 5) is 25.9. The van der Waals surface area contributed by atoms with Gasteiger partial charge in [-0.2, -0.15) is 0 Å². The molecule has 3 N–H and O–H groups in total. The van der Waals surface area contributed by atoms with E-state index >= 15 is 0 Å². The molecule has 0 atom stereocenters. The Morgan fingerprint density at radius 2 is 2.21 bits per heavy atom. The third kappa shape index (κ3) is 3.31. The molecule has 130 valence electrons. The molecule has 0 radical (unpaired) electrons. The first-order chi connectivity index (χ1) is 11.5. The molecule has 0 spiro atoms. The Hall–Kier alpha value is -2.28. The van der Waals surface area contributed by atoms with Gasteiger partial charge in [-0.15, -0.1) is 0 Å². The lowest BCUT2D eigenvalue weighted by Gasteiger charge is -2.41. The van der Waals surface area contributed by atoms with E-state index in [4.69, 9.17) is 4.74 Å². The van der Waals surface area contributed by atoms with E-state index in [1.807, 2.05) is 25.1 Å². The Labute approximate surface area is 141 Å². The summed E-state index contributed by atoms with van der Waals surface area (Å²) in [5.41, 5.74) is 2.23. The Bertz CT molecular complexity index is 643. The van der Waals surface area contributed by atoms with Crippen molar-refractivity contribution in [3.8, 4) is 0 Å². The maximum atomic E-state index is 12.3. The molecule has 1 aromatic carbocycles. The van der Waals surface area contributed by atoms with E-state index < -0.39 is 0 Å². The number of carbonyl (C=O) groups excluding carboxylic acids is 2. The number of benzene rings is 1. The van der Waals surface area contributed by atoms with Gasteiger partial charge in [0.25, 0.3) is 0 Å². The minimum absolute atomic E-state index is 0.104. The third-order valence-corrected chi connectivity index (χ3v) is 4.72. The van der Waals surface area contributed by atoms with Gasteiger partial charge >= 0.3 is 12.1 Å². The predicted molar refractivity (Wildman–Crippen MR) is 92.5 cm³/mol. The second-order valence-corrected chi connectivity index (χ2v) is 6.53. The molecule has 7 nitrogen and oxygen atoms in total. The molecule has 1 aliphatic carbocycles. The van der Waals surface area contributed by atoms with Crippen LogP contribution < -0.4 is 20.9 Å². The molecule has 2 aliphatic rings. The summed E-state index contributed by atoms with van der Waals surface area (Å²) in [6.07, 6.45) is 2.96. The van der Waals surface area contributed by atoms with Crippen molar-refractivity contribution in [3.05, 3.63) is 23.8 Å². The fourth-order valence-corrected chi connectivity index (χ4v) is 3.27. The fourth-order valence-electron chi connectivity index (χ4n) is 3.27. The van der Waals surface area contributed by atoms with Gasteiger partial charge < -0.3 is 20.7 Å². The zero-order valence-corrected chi connectivity index (χ0v) is 14.1. The number of aryl methyl sites for hydroxylation is 1. The van der Waals surface area contributed by atoms with Gasteiger partial charge in [-0.1, -0.05) is 6.07 Å². The van der Waals surface area contributed by atoms with Crippen LogP contribution in [0.5, 0.6) is 0 Å². The van der Waals surface area contributed by atoms with Crippen LogP contribution >= 0.6 is 0 Å². The normalized spacial score (nSPS) is 18.8. The number of nitrogens with one attached hydrogen (secondary N) is 3. The number of amides is 4. The minimum atomic E-state index is -0.249. The van der Waals surface area contributed by atoms with E-state index in [1.165, 1.54) is 0 Å². The predicted octanol–water partition coefficient (Wildman–Crippen LogP) is 2.22. The van der Waals surface area contributed by atoms with Crippen molar-refractivity contribution in [3.63, 3.8) is 0 Å². The molecule has 0 bridgehead atoms. The summed E-state index contributed by atoms with van der Waals surface area (Å²) in [7, 11) is 1.65. The number of ether oxygens (including phenoxy) is 1. The second kappa shape index (κ2) is 6.68. The average molecular weight is 332 g/mol. The summed E-state index contributed by atoms with van der Waals surface area (Å²) in [6.45, 7) is 3.74. The van der Waals surface area contributed by atoms with Crippen molar-refractivity contribution in [1.82, 2.24) is 10.6 Å². The smallest absolute Gasteiger partial charge is 0.322 e. The number of rotatable bonds is 5. The van der Waals surface area contributed by atoms with Crippen LogP contribution in [0.4, 0.5) is 21.0 Å². The Morgan fingerprint density at radius 3 is 2.79 bits per heavy atom. The van der Waals surface area contributed by atoms with E-state index in [1.54, 1.807) is 12.0 Å². The quantitative estimate of drug-likeness (QED) is 0.773. The molecule has 1 aliphatic heterocycles. The maximum absolute atomic E-state index is 12.3. The van der Waals surface area contributed by atoms with Crippen LogP contribution in [0.15, 0.2) is 18.2 Å². The molecule has 2 fully saturated rings. The van der Waals surface area contributed by atoms with E-state index in [0.717, 1.165) is 30.5 Å². The first-order valence-corrected chi connectivity index (χ1v) is 8.27. The Balaban J connectivity index is 1.69. The van der Waals surface area contributed by atoms with E-state index in [9.17, 15) is 9.59 Å². The monoisotopic (exact) mass is 332 g/mol. The number of carbonyl (C=O) groups is 2. The Morgan fingerprint density at radius 1 is 1.42 bits per heavy atom. The molecule has 0 aromatic heterocycles. The van der Waals surface area contributed by atoms with Crippen molar-refractivity contribution in [2.75, 3.05) is 37.0 Å².